The number of carbonyl (C=O) groups excluding carboxylic acids is 2. The zero-order valence-corrected chi connectivity index (χ0v) is 21.9. The standard InChI is InChI=1S/C27H38N8O2/c1-18(36)20-10-12-21(13-11-20)32-14-16-33(17-15-32)25(37)9-5-8-24-29-30-27-34(24)23-7-4-3-6-22(23)26-28-19(2)31-35(26)27/h10-13,19,22-23,26,28,31H,3-9,14-17H2,1-2H3. The van der Waals surface area contributed by atoms with Crippen molar-refractivity contribution < 1.29 is 9.59 Å². The van der Waals surface area contributed by atoms with E-state index in [0.717, 1.165) is 62.0 Å². The maximum atomic E-state index is 13.0. The molecule has 0 spiro atoms. The number of hydrogen-bond donors (Lipinski definition) is 2. The van der Waals surface area contributed by atoms with Gasteiger partial charge in [-0.05, 0) is 57.4 Å². The maximum Gasteiger partial charge on any atom is 0.243 e. The van der Waals surface area contributed by atoms with Crippen molar-refractivity contribution in [3.05, 3.63) is 35.7 Å². The number of carbonyl (C=O) groups is 2. The zero-order chi connectivity index (χ0) is 25.5. The molecule has 0 bridgehead atoms. The van der Waals surface area contributed by atoms with E-state index in [1.807, 2.05) is 29.2 Å². The minimum absolute atomic E-state index is 0.0793. The molecular formula is C27H38N8O2. The van der Waals surface area contributed by atoms with E-state index in [1.54, 1.807) is 6.92 Å². The number of rotatable bonds is 6. The van der Waals surface area contributed by atoms with Gasteiger partial charge >= 0.3 is 0 Å². The zero-order valence-electron chi connectivity index (χ0n) is 21.9. The van der Waals surface area contributed by atoms with Crippen LogP contribution in [0.4, 0.5) is 11.6 Å². The van der Waals surface area contributed by atoms with Gasteiger partial charge in [0.15, 0.2) is 5.78 Å². The van der Waals surface area contributed by atoms with E-state index >= 15 is 0 Å². The van der Waals surface area contributed by atoms with Crippen molar-refractivity contribution >= 4 is 23.3 Å². The summed E-state index contributed by atoms with van der Waals surface area (Å²) >= 11 is 0. The van der Waals surface area contributed by atoms with E-state index in [-0.39, 0.29) is 24.0 Å². The largest absolute Gasteiger partial charge is 0.368 e. The molecule has 1 amide bonds. The maximum absolute atomic E-state index is 13.0. The number of amides is 1. The highest BCUT2D eigenvalue weighted by Gasteiger charge is 2.47. The van der Waals surface area contributed by atoms with Gasteiger partial charge < -0.3 is 9.80 Å². The molecule has 4 atom stereocenters. The fourth-order valence-electron chi connectivity index (χ4n) is 6.65. The summed E-state index contributed by atoms with van der Waals surface area (Å²) in [6.45, 7) is 6.80. The molecule has 3 fully saturated rings. The van der Waals surface area contributed by atoms with E-state index in [2.05, 4.69) is 42.3 Å². The first-order valence-electron chi connectivity index (χ1n) is 13.9. The second-order valence-corrected chi connectivity index (χ2v) is 11.0. The Labute approximate surface area is 218 Å². The first-order valence-corrected chi connectivity index (χ1v) is 13.9. The van der Waals surface area contributed by atoms with Crippen LogP contribution in [0.5, 0.6) is 0 Å². The normalized spacial score (nSPS) is 27.0. The van der Waals surface area contributed by atoms with E-state index in [0.29, 0.717) is 18.4 Å². The molecule has 4 aliphatic rings. The van der Waals surface area contributed by atoms with Gasteiger partial charge in [-0.2, -0.15) is 0 Å². The number of benzene rings is 1. The van der Waals surface area contributed by atoms with E-state index in [4.69, 9.17) is 0 Å². The number of Topliss-reactive ketones (excluding diaryl/α,β-unsaturated/α-hetero) is 1. The number of anilines is 2. The van der Waals surface area contributed by atoms with Crippen LogP contribution < -0.4 is 20.7 Å². The molecule has 2 saturated heterocycles. The number of hydrazine groups is 1. The fraction of sp³-hybridized carbons (Fsp3) is 0.630. The van der Waals surface area contributed by atoms with Gasteiger partial charge in [0.1, 0.15) is 12.0 Å². The molecule has 198 valence electrons. The molecule has 2 N–H and O–H groups in total. The lowest BCUT2D eigenvalue weighted by molar-refractivity contribution is -0.131. The predicted octanol–water partition coefficient (Wildman–Crippen LogP) is 2.48. The van der Waals surface area contributed by atoms with Gasteiger partial charge in [0, 0.05) is 62.2 Å². The smallest absolute Gasteiger partial charge is 0.243 e. The number of nitrogens with zero attached hydrogens (tertiary/aromatic N) is 6. The molecule has 1 aromatic heterocycles. The summed E-state index contributed by atoms with van der Waals surface area (Å²) < 4.78 is 2.37. The summed E-state index contributed by atoms with van der Waals surface area (Å²) in [5, 5.41) is 15.0. The fourth-order valence-corrected chi connectivity index (χ4v) is 6.65. The topological polar surface area (TPSA) is 98.6 Å². The molecule has 1 aromatic carbocycles. The molecule has 6 rings (SSSR count). The SMILES string of the molecule is CC(=O)c1ccc(N2CCN(C(=O)CCCc3nnc4n3C3CCCCC3C3NC(C)NN43)CC2)cc1. The Morgan fingerprint density at radius 3 is 2.54 bits per heavy atom. The van der Waals surface area contributed by atoms with Crippen LogP contribution in [0.3, 0.4) is 0 Å². The van der Waals surface area contributed by atoms with Crippen LogP contribution in [-0.2, 0) is 11.2 Å². The first-order chi connectivity index (χ1) is 18.0. The third-order valence-electron chi connectivity index (χ3n) is 8.58. The number of fused-ring (bicyclic) bond motifs is 6. The minimum atomic E-state index is 0.0793. The third kappa shape index (κ3) is 4.61. The van der Waals surface area contributed by atoms with E-state index in [1.165, 1.54) is 25.7 Å². The number of piperazine rings is 1. The van der Waals surface area contributed by atoms with Crippen molar-refractivity contribution in [2.75, 3.05) is 36.1 Å². The predicted molar refractivity (Wildman–Crippen MR) is 141 cm³/mol. The van der Waals surface area contributed by atoms with E-state index in [9.17, 15) is 9.59 Å². The van der Waals surface area contributed by atoms with Crippen molar-refractivity contribution in [1.82, 2.24) is 30.4 Å². The summed E-state index contributed by atoms with van der Waals surface area (Å²) in [6, 6.07) is 8.19. The summed E-state index contributed by atoms with van der Waals surface area (Å²) in [5.41, 5.74) is 5.35. The molecule has 10 nitrogen and oxygen atoms in total. The lowest BCUT2D eigenvalue weighted by Crippen LogP contribution is -2.53. The molecule has 0 radical (unpaired) electrons. The molecule has 1 aliphatic carbocycles. The van der Waals surface area contributed by atoms with Crippen LogP contribution in [0, 0.1) is 5.92 Å². The number of aromatic nitrogens is 3. The van der Waals surface area contributed by atoms with Gasteiger partial charge in [-0.25, -0.2) is 5.43 Å². The van der Waals surface area contributed by atoms with Gasteiger partial charge in [0.05, 0.1) is 6.17 Å². The Hall–Kier alpha value is -2.98. The summed E-state index contributed by atoms with van der Waals surface area (Å²) in [4.78, 5) is 28.8. The van der Waals surface area contributed by atoms with Crippen molar-refractivity contribution in [3.8, 4) is 0 Å². The van der Waals surface area contributed by atoms with Crippen LogP contribution in [0.15, 0.2) is 24.3 Å². The van der Waals surface area contributed by atoms with Crippen LogP contribution in [-0.4, -0.2) is 69.9 Å². The highest BCUT2D eigenvalue weighted by Crippen LogP contribution is 2.44. The molecule has 10 heteroatoms. The van der Waals surface area contributed by atoms with Gasteiger partial charge in [-0.15, -0.1) is 10.2 Å². The number of ketones is 1. The highest BCUT2D eigenvalue weighted by atomic mass is 16.2. The second kappa shape index (κ2) is 10.1. The Morgan fingerprint density at radius 1 is 1.03 bits per heavy atom. The van der Waals surface area contributed by atoms with Gasteiger partial charge in [-0.3, -0.25) is 24.5 Å². The van der Waals surface area contributed by atoms with Crippen molar-refractivity contribution in [3.63, 3.8) is 0 Å². The Balaban J connectivity index is 1.04. The van der Waals surface area contributed by atoms with Crippen molar-refractivity contribution in [1.29, 1.82) is 0 Å². The molecule has 4 unspecified atom stereocenters. The Kier molecular flexibility index (Phi) is 6.62. The first kappa shape index (κ1) is 24.4. The Morgan fingerprint density at radius 2 is 1.78 bits per heavy atom. The van der Waals surface area contributed by atoms with Crippen LogP contribution in [0.1, 0.15) is 74.6 Å². The van der Waals surface area contributed by atoms with Gasteiger partial charge in [-0.1, -0.05) is 12.8 Å². The monoisotopic (exact) mass is 506 g/mol. The van der Waals surface area contributed by atoms with Crippen LogP contribution in [0.2, 0.25) is 0 Å². The minimum Gasteiger partial charge on any atom is -0.368 e. The van der Waals surface area contributed by atoms with E-state index < -0.39 is 0 Å². The average molecular weight is 507 g/mol. The van der Waals surface area contributed by atoms with Gasteiger partial charge in [0.25, 0.3) is 0 Å². The quantitative estimate of drug-likeness (QED) is 0.577. The number of nitrogens with one attached hydrogen (secondary N) is 2. The van der Waals surface area contributed by atoms with Crippen molar-refractivity contribution in [2.24, 2.45) is 5.92 Å². The number of aryl methyl sites for hydroxylation is 1. The molecule has 2 aromatic rings. The molecular weight excluding hydrogens is 468 g/mol. The summed E-state index contributed by atoms with van der Waals surface area (Å²) in [5.74, 6) is 2.78. The molecule has 3 aliphatic heterocycles. The van der Waals surface area contributed by atoms with Gasteiger partial charge in [0.2, 0.25) is 11.9 Å². The summed E-state index contributed by atoms with van der Waals surface area (Å²) in [6.07, 6.45) is 7.50. The Bertz CT molecular complexity index is 1140. The molecule has 37 heavy (non-hydrogen) atoms. The van der Waals surface area contributed by atoms with Crippen molar-refractivity contribution in [2.45, 2.75) is 77.2 Å². The van der Waals surface area contributed by atoms with Crippen LogP contribution in [0.25, 0.3) is 0 Å². The third-order valence-corrected chi connectivity index (χ3v) is 8.58. The second-order valence-electron chi connectivity index (χ2n) is 11.0. The number of hydrogen-bond acceptors (Lipinski definition) is 8. The molecule has 1 saturated carbocycles. The summed E-state index contributed by atoms with van der Waals surface area (Å²) in [7, 11) is 0. The lowest BCUT2D eigenvalue weighted by atomic mass is 9.81. The molecule has 4 heterocycles. The highest BCUT2D eigenvalue weighted by molar-refractivity contribution is 5.94. The average Bonchev–Trinajstić information content (AvgIpc) is 3.52. The lowest BCUT2D eigenvalue weighted by Gasteiger charge is -2.44. The van der Waals surface area contributed by atoms with Crippen LogP contribution >= 0.6 is 0 Å².